The molecule has 1 N–H and O–H groups in total. The second-order valence-corrected chi connectivity index (χ2v) is 6.70. The standard InChI is InChI=1S/C18H24FN3O2/c1-13-7-8-16(15(19)11-13)20-18(24)22-10-3-2-5-14(22)12-21-9-4-6-17(21)23/h7-8,11,14H,2-6,9-10,12H2,1H3,(H,20,24)/t14-/m0/s1. The second-order valence-electron chi connectivity index (χ2n) is 6.70. The SMILES string of the molecule is Cc1ccc(NC(=O)N2CCCC[C@H]2CN2CCCC2=O)c(F)c1. The molecule has 0 aromatic heterocycles. The van der Waals surface area contributed by atoms with Crippen LogP contribution in [0.4, 0.5) is 14.9 Å². The quantitative estimate of drug-likeness (QED) is 0.924. The minimum absolute atomic E-state index is 0.00862. The number of nitrogens with one attached hydrogen (secondary N) is 1. The zero-order chi connectivity index (χ0) is 17.1. The van der Waals surface area contributed by atoms with E-state index in [1.807, 2.05) is 11.8 Å². The predicted molar refractivity (Wildman–Crippen MR) is 90.3 cm³/mol. The normalized spacial score (nSPS) is 21.2. The molecule has 1 atom stereocenters. The Labute approximate surface area is 141 Å². The molecular formula is C18H24FN3O2. The van der Waals surface area contributed by atoms with Gasteiger partial charge in [-0.15, -0.1) is 0 Å². The fourth-order valence-corrected chi connectivity index (χ4v) is 3.52. The van der Waals surface area contributed by atoms with Crippen LogP contribution in [-0.2, 0) is 4.79 Å². The van der Waals surface area contributed by atoms with E-state index < -0.39 is 5.82 Å². The highest BCUT2D eigenvalue weighted by Gasteiger charge is 2.31. The fraction of sp³-hybridized carbons (Fsp3) is 0.556. The molecule has 2 heterocycles. The van der Waals surface area contributed by atoms with Crippen LogP contribution in [-0.4, -0.2) is 47.4 Å². The van der Waals surface area contributed by atoms with Gasteiger partial charge >= 0.3 is 6.03 Å². The molecule has 2 fully saturated rings. The predicted octanol–water partition coefficient (Wildman–Crippen LogP) is 3.14. The molecule has 1 aromatic carbocycles. The summed E-state index contributed by atoms with van der Waals surface area (Å²) in [6, 6.07) is 4.50. The maximum Gasteiger partial charge on any atom is 0.322 e. The Bertz CT molecular complexity index is 635. The first kappa shape index (κ1) is 16.7. The summed E-state index contributed by atoms with van der Waals surface area (Å²) in [5, 5.41) is 2.68. The van der Waals surface area contributed by atoms with Gasteiger partial charge in [0.25, 0.3) is 0 Å². The molecule has 2 saturated heterocycles. The van der Waals surface area contributed by atoms with Crippen molar-refractivity contribution in [3.8, 4) is 0 Å². The summed E-state index contributed by atoms with van der Waals surface area (Å²) >= 11 is 0. The van der Waals surface area contributed by atoms with Crippen molar-refractivity contribution in [3.63, 3.8) is 0 Å². The van der Waals surface area contributed by atoms with Crippen molar-refractivity contribution in [1.82, 2.24) is 9.80 Å². The van der Waals surface area contributed by atoms with Crippen LogP contribution in [0.25, 0.3) is 0 Å². The van der Waals surface area contributed by atoms with Gasteiger partial charge < -0.3 is 15.1 Å². The van der Waals surface area contributed by atoms with Gasteiger partial charge in [0.15, 0.2) is 0 Å². The number of likely N-dealkylation sites (tertiary alicyclic amines) is 2. The van der Waals surface area contributed by atoms with Gasteiger partial charge in [0.2, 0.25) is 5.91 Å². The Morgan fingerprint density at radius 2 is 2.12 bits per heavy atom. The van der Waals surface area contributed by atoms with Crippen molar-refractivity contribution in [2.24, 2.45) is 0 Å². The zero-order valence-electron chi connectivity index (χ0n) is 14.1. The minimum atomic E-state index is -0.424. The molecule has 0 bridgehead atoms. The van der Waals surface area contributed by atoms with E-state index in [0.717, 1.165) is 37.8 Å². The van der Waals surface area contributed by atoms with Gasteiger partial charge in [0.05, 0.1) is 11.7 Å². The topological polar surface area (TPSA) is 52.7 Å². The Morgan fingerprint density at radius 1 is 1.29 bits per heavy atom. The molecule has 24 heavy (non-hydrogen) atoms. The number of aryl methyl sites for hydroxylation is 1. The number of piperidine rings is 1. The highest BCUT2D eigenvalue weighted by atomic mass is 19.1. The zero-order valence-corrected chi connectivity index (χ0v) is 14.1. The largest absolute Gasteiger partial charge is 0.341 e. The van der Waals surface area contributed by atoms with Gasteiger partial charge in [-0.1, -0.05) is 6.07 Å². The number of benzene rings is 1. The van der Waals surface area contributed by atoms with Gasteiger partial charge in [0, 0.05) is 26.1 Å². The second kappa shape index (κ2) is 7.20. The van der Waals surface area contributed by atoms with E-state index in [1.165, 1.54) is 6.07 Å². The fourth-order valence-electron chi connectivity index (χ4n) is 3.52. The van der Waals surface area contributed by atoms with Crippen molar-refractivity contribution in [3.05, 3.63) is 29.6 Å². The number of carbonyl (C=O) groups excluding carboxylic acids is 2. The molecule has 3 amide bonds. The van der Waals surface area contributed by atoms with Crippen molar-refractivity contribution >= 4 is 17.6 Å². The third-order valence-corrected chi connectivity index (χ3v) is 4.86. The molecule has 6 heteroatoms. The van der Waals surface area contributed by atoms with E-state index in [1.54, 1.807) is 17.0 Å². The van der Waals surface area contributed by atoms with E-state index in [9.17, 15) is 14.0 Å². The molecule has 1 aromatic rings. The first-order chi connectivity index (χ1) is 11.5. The van der Waals surface area contributed by atoms with E-state index in [-0.39, 0.29) is 23.7 Å². The lowest BCUT2D eigenvalue weighted by atomic mass is 10.0. The number of nitrogens with zero attached hydrogens (tertiary/aromatic N) is 2. The van der Waals surface area contributed by atoms with Gasteiger partial charge in [-0.3, -0.25) is 4.79 Å². The number of hydrogen-bond acceptors (Lipinski definition) is 2. The van der Waals surface area contributed by atoms with Crippen LogP contribution >= 0.6 is 0 Å². The van der Waals surface area contributed by atoms with Crippen LogP contribution in [0.5, 0.6) is 0 Å². The van der Waals surface area contributed by atoms with Crippen LogP contribution in [0.3, 0.4) is 0 Å². The van der Waals surface area contributed by atoms with Crippen LogP contribution in [0.1, 0.15) is 37.7 Å². The van der Waals surface area contributed by atoms with Crippen molar-refractivity contribution < 1.29 is 14.0 Å². The molecule has 0 radical (unpaired) electrons. The Hall–Kier alpha value is -2.11. The number of hydrogen-bond donors (Lipinski definition) is 1. The lowest BCUT2D eigenvalue weighted by Gasteiger charge is -2.37. The summed E-state index contributed by atoms with van der Waals surface area (Å²) < 4.78 is 14.0. The monoisotopic (exact) mass is 333 g/mol. The molecule has 130 valence electrons. The molecule has 2 aliphatic rings. The molecule has 0 saturated carbocycles. The summed E-state index contributed by atoms with van der Waals surface area (Å²) in [6.45, 7) is 3.81. The first-order valence-electron chi connectivity index (χ1n) is 8.66. The summed E-state index contributed by atoms with van der Waals surface area (Å²) in [4.78, 5) is 28.1. The van der Waals surface area contributed by atoms with E-state index in [4.69, 9.17) is 0 Å². The Morgan fingerprint density at radius 3 is 2.83 bits per heavy atom. The highest BCUT2D eigenvalue weighted by molar-refractivity contribution is 5.90. The Balaban J connectivity index is 1.67. The average molecular weight is 333 g/mol. The summed E-state index contributed by atoms with van der Waals surface area (Å²) in [5.41, 5.74) is 1.01. The number of amides is 3. The van der Waals surface area contributed by atoms with Crippen molar-refractivity contribution in [1.29, 1.82) is 0 Å². The third-order valence-electron chi connectivity index (χ3n) is 4.86. The number of halogens is 1. The number of urea groups is 1. The van der Waals surface area contributed by atoms with Crippen LogP contribution in [0.15, 0.2) is 18.2 Å². The molecule has 0 aliphatic carbocycles. The maximum atomic E-state index is 14.0. The van der Waals surface area contributed by atoms with E-state index in [2.05, 4.69) is 5.32 Å². The lowest BCUT2D eigenvalue weighted by Crippen LogP contribution is -2.51. The van der Waals surface area contributed by atoms with Gasteiger partial charge in [-0.05, 0) is 50.3 Å². The van der Waals surface area contributed by atoms with Crippen LogP contribution < -0.4 is 5.32 Å². The molecule has 3 rings (SSSR count). The first-order valence-corrected chi connectivity index (χ1v) is 8.66. The molecule has 2 aliphatic heterocycles. The van der Waals surface area contributed by atoms with Crippen molar-refractivity contribution in [2.45, 2.75) is 45.1 Å². The molecular weight excluding hydrogens is 309 g/mol. The number of carbonyl (C=O) groups is 2. The van der Waals surface area contributed by atoms with Gasteiger partial charge in [0.1, 0.15) is 5.82 Å². The number of rotatable bonds is 3. The molecule has 0 spiro atoms. The summed E-state index contributed by atoms with van der Waals surface area (Å²) in [7, 11) is 0. The maximum absolute atomic E-state index is 14.0. The van der Waals surface area contributed by atoms with Crippen LogP contribution in [0, 0.1) is 12.7 Å². The lowest BCUT2D eigenvalue weighted by molar-refractivity contribution is -0.128. The van der Waals surface area contributed by atoms with E-state index in [0.29, 0.717) is 19.5 Å². The number of anilines is 1. The van der Waals surface area contributed by atoms with E-state index >= 15 is 0 Å². The van der Waals surface area contributed by atoms with Crippen LogP contribution in [0.2, 0.25) is 0 Å². The third kappa shape index (κ3) is 3.68. The minimum Gasteiger partial charge on any atom is -0.341 e. The molecule has 0 unspecified atom stereocenters. The van der Waals surface area contributed by atoms with Gasteiger partial charge in [-0.25, -0.2) is 9.18 Å². The smallest absolute Gasteiger partial charge is 0.322 e. The van der Waals surface area contributed by atoms with Gasteiger partial charge in [-0.2, -0.15) is 0 Å². The molecule has 5 nitrogen and oxygen atoms in total. The average Bonchev–Trinajstić information content (AvgIpc) is 2.95. The highest BCUT2D eigenvalue weighted by Crippen LogP contribution is 2.22. The van der Waals surface area contributed by atoms with Crippen molar-refractivity contribution in [2.75, 3.05) is 25.0 Å². The summed E-state index contributed by atoms with van der Waals surface area (Å²) in [6.07, 6.45) is 4.37. The Kier molecular flexibility index (Phi) is 5.02. The summed E-state index contributed by atoms with van der Waals surface area (Å²) in [5.74, 6) is -0.253.